The number of carboxylic acids is 1. The SMILES string of the molecule is COc1nc(C(=O)O)nc2cc(Cl)ccc12. The average molecular weight is 239 g/mol. The molecule has 16 heavy (non-hydrogen) atoms. The van der Waals surface area contributed by atoms with Gasteiger partial charge in [-0.2, -0.15) is 4.98 Å². The van der Waals surface area contributed by atoms with Crippen molar-refractivity contribution in [1.29, 1.82) is 0 Å². The van der Waals surface area contributed by atoms with Gasteiger partial charge in [-0.15, -0.1) is 0 Å². The summed E-state index contributed by atoms with van der Waals surface area (Å²) in [7, 11) is 1.42. The number of benzene rings is 1. The lowest BCUT2D eigenvalue weighted by Crippen LogP contribution is -2.05. The first-order valence-corrected chi connectivity index (χ1v) is 4.74. The highest BCUT2D eigenvalue weighted by Crippen LogP contribution is 2.24. The van der Waals surface area contributed by atoms with Gasteiger partial charge < -0.3 is 9.84 Å². The summed E-state index contributed by atoms with van der Waals surface area (Å²) >= 11 is 5.80. The monoisotopic (exact) mass is 238 g/mol. The van der Waals surface area contributed by atoms with Crippen LogP contribution in [0.4, 0.5) is 0 Å². The van der Waals surface area contributed by atoms with Gasteiger partial charge in [0, 0.05) is 5.02 Å². The molecular weight excluding hydrogens is 232 g/mol. The van der Waals surface area contributed by atoms with Crippen molar-refractivity contribution in [1.82, 2.24) is 9.97 Å². The minimum Gasteiger partial charge on any atom is -0.480 e. The molecule has 0 aliphatic heterocycles. The average Bonchev–Trinajstić information content (AvgIpc) is 2.26. The molecule has 2 aromatic rings. The summed E-state index contributed by atoms with van der Waals surface area (Å²) < 4.78 is 5.00. The smallest absolute Gasteiger partial charge is 0.374 e. The van der Waals surface area contributed by atoms with Crippen LogP contribution in [0.3, 0.4) is 0 Å². The Bertz CT molecular complexity index is 571. The van der Waals surface area contributed by atoms with E-state index in [1.165, 1.54) is 7.11 Å². The minimum atomic E-state index is -1.21. The molecule has 0 atom stereocenters. The minimum absolute atomic E-state index is 0.221. The van der Waals surface area contributed by atoms with Gasteiger partial charge in [0.15, 0.2) is 0 Å². The number of carboxylic acid groups (broad SMARTS) is 1. The number of ether oxygens (including phenoxy) is 1. The third-order valence-electron chi connectivity index (χ3n) is 2.01. The van der Waals surface area contributed by atoms with Crippen LogP contribution < -0.4 is 4.74 Å². The van der Waals surface area contributed by atoms with E-state index in [2.05, 4.69) is 9.97 Å². The molecule has 0 spiro atoms. The molecule has 0 aliphatic rings. The van der Waals surface area contributed by atoms with E-state index < -0.39 is 5.97 Å². The van der Waals surface area contributed by atoms with Crippen LogP contribution in [0.25, 0.3) is 10.9 Å². The van der Waals surface area contributed by atoms with Crippen molar-refractivity contribution in [3.8, 4) is 5.88 Å². The molecule has 2 rings (SSSR count). The van der Waals surface area contributed by atoms with Crippen LogP contribution in [0.15, 0.2) is 18.2 Å². The summed E-state index contributed by atoms with van der Waals surface area (Å²) in [5.74, 6) is -1.30. The van der Waals surface area contributed by atoms with Crippen LogP contribution >= 0.6 is 11.6 Å². The quantitative estimate of drug-likeness (QED) is 0.866. The molecular formula is C10H7ClN2O3. The van der Waals surface area contributed by atoms with Gasteiger partial charge in [-0.25, -0.2) is 9.78 Å². The standard InChI is InChI=1S/C10H7ClN2O3/c1-16-9-6-3-2-5(11)4-7(6)12-8(13-9)10(14)15/h2-4H,1H3,(H,14,15). The van der Waals surface area contributed by atoms with Crippen LogP contribution in [-0.4, -0.2) is 28.2 Å². The summed E-state index contributed by atoms with van der Waals surface area (Å²) in [6.45, 7) is 0. The fourth-order valence-electron chi connectivity index (χ4n) is 1.32. The van der Waals surface area contributed by atoms with E-state index in [0.717, 1.165) is 0 Å². The predicted octanol–water partition coefficient (Wildman–Crippen LogP) is 1.99. The maximum absolute atomic E-state index is 10.8. The maximum Gasteiger partial charge on any atom is 0.374 e. The molecule has 0 radical (unpaired) electrons. The number of methoxy groups -OCH3 is 1. The number of nitrogens with zero attached hydrogens (tertiary/aromatic N) is 2. The predicted molar refractivity (Wildman–Crippen MR) is 58.1 cm³/mol. The Kier molecular flexibility index (Phi) is 2.62. The Morgan fingerprint density at radius 2 is 2.19 bits per heavy atom. The first-order chi connectivity index (χ1) is 7.61. The zero-order valence-electron chi connectivity index (χ0n) is 8.27. The first-order valence-electron chi connectivity index (χ1n) is 4.36. The zero-order chi connectivity index (χ0) is 11.7. The number of halogens is 1. The van der Waals surface area contributed by atoms with Gasteiger partial charge in [-0.3, -0.25) is 0 Å². The number of fused-ring (bicyclic) bond motifs is 1. The number of hydrogen-bond donors (Lipinski definition) is 1. The summed E-state index contributed by atoms with van der Waals surface area (Å²) in [5.41, 5.74) is 0.441. The van der Waals surface area contributed by atoms with E-state index >= 15 is 0 Å². The van der Waals surface area contributed by atoms with Crippen LogP contribution in [0.5, 0.6) is 5.88 Å². The fraction of sp³-hybridized carbons (Fsp3) is 0.100. The number of hydrogen-bond acceptors (Lipinski definition) is 4. The second-order valence-electron chi connectivity index (χ2n) is 3.02. The zero-order valence-corrected chi connectivity index (χ0v) is 9.02. The normalized spacial score (nSPS) is 10.4. The van der Waals surface area contributed by atoms with Crippen molar-refractivity contribution < 1.29 is 14.6 Å². The lowest BCUT2D eigenvalue weighted by Gasteiger charge is -2.05. The molecule has 6 heteroatoms. The summed E-state index contributed by atoms with van der Waals surface area (Å²) in [4.78, 5) is 18.4. The van der Waals surface area contributed by atoms with Crippen molar-refractivity contribution in [3.05, 3.63) is 29.0 Å². The third-order valence-corrected chi connectivity index (χ3v) is 2.24. The molecule has 1 N–H and O–H groups in total. The van der Waals surface area contributed by atoms with Crippen molar-refractivity contribution >= 4 is 28.5 Å². The topological polar surface area (TPSA) is 72.3 Å². The number of aromatic nitrogens is 2. The number of aromatic carboxylic acids is 1. The molecule has 0 fully saturated rings. The molecule has 0 aliphatic carbocycles. The van der Waals surface area contributed by atoms with Crippen LogP contribution in [0, 0.1) is 0 Å². The number of carbonyl (C=O) groups is 1. The lowest BCUT2D eigenvalue weighted by atomic mass is 10.2. The van der Waals surface area contributed by atoms with Crippen molar-refractivity contribution in [2.75, 3.05) is 7.11 Å². The highest BCUT2D eigenvalue weighted by atomic mass is 35.5. The van der Waals surface area contributed by atoms with Crippen molar-refractivity contribution in [2.45, 2.75) is 0 Å². The molecule has 1 aromatic heterocycles. The van der Waals surface area contributed by atoms with E-state index in [-0.39, 0.29) is 11.7 Å². The van der Waals surface area contributed by atoms with Gasteiger partial charge in [0.1, 0.15) is 0 Å². The van der Waals surface area contributed by atoms with Gasteiger partial charge in [0.2, 0.25) is 11.7 Å². The highest BCUT2D eigenvalue weighted by molar-refractivity contribution is 6.31. The Hall–Kier alpha value is -1.88. The largest absolute Gasteiger partial charge is 0.480 e. The van der Waals surface area contributed by atoms with Crippen LogP contribution in [0.2, 0.25) is 5.02 Å². The van der Waals surface area contributed by atoms with E-state index in [1.807, 2.05) is 0 Å². The third kappa shape index (κ3) is 1.77. The van der Waals surface area contributed by atoms with Crippen molar-refractivity contribution in [3.63, 3.8) is 0 Å². The first kappa shape index (κ1) is 10.6. The van der Waals surface area contributed by atoms with E-state index in [1.54, 1.807) is 18.2 Å². The summed E-state index contributed by atoms with van der Waals surface area (Å²) in [5, 5.41) is 9.92. The maximum atomic E-state index is 10.8. The van der Waals surface area contributed by atoms with Gasteiger partial charge in [-0.1, -0.05) is 11.6 Å². The Morgan fingerprint density at radius 3 is 2.81 bits per heavy atom. The molecule has 5 nitrogen and oxygen atoms in total. The molecule has 0 saturated heterocycles. The lowest BCUT2D eigenvalue weighted by molar-refractivity contribution is 0.0683. The second-order valence-corrected chi connectivity index (χ2v) is 3.46. The molecule has 1 aromatic carbocycles. The Morgan fingerprint density at radius 1 is 1.44 bits per heavy atom. The van der Waals surface area contributed by atoms with Crippen LogP contribution in [0.1, 0.15) is 10.6 Å². The van der Waals surface area contributed by atoms with Gasteiger partial charge in [0.25, 0.3) is 0 Å². The summed E-state index contributed by atoms with van der Waals surface area (Å²) in [6.07, 6.45) is 0. The van der Waals surface area contributed by atoms with E-state index in [9.17, 15) is 4.79 Å². The molecule has 0 bridgehead atoms. The highest BCUT2D eigenvalue weighted by Gasteiger charge is 2.13. The Labute approximate surface area is 95.7 Å². The summed E-state index contributed by atoms with van der Waals surface area (Å²) in [6, 6.07) is 4.91. The van der Waals surface area contributed by atoms with Crippen molar-refractivity contribution in [2.24, 2.45) is 0 Å². The van der Waals surface area contributed by atoms with Crippen LogP contribution in [-0.2, 0) is 0 Å². The molecule has 0 amide bonds. The van der Waals surface area contributed by atoms with Gasteiger partial charge in [0.05, 0.1) is 18.0 Å². The fourth-order valence-corrected chi connectivity index (χ4v) is 1.49. The molecule has 82 valence electrons. The molecule has 0 unspecified atom stereocenters. The molecule has 0 saturated carbocycles. The second kappa shape index (κ2) is 3.94. The van der Waals surface area contributed by atoms with E-state index in [4.69, 9.17) is 21.4 Å². The van der Waals surface area contributed by atoms with Gasteiger partial charge in [-0.05, 0) is 18.2 Å². The van der Waals surface area contributed by atoms with Gasteiger partial charge >= 0.3 is 5.97 Å². The molecule has 1 heterocycles. The van der Waals surface area contributed by atoms with E-state index in [0.29, 0.717) is 15.9 Å². The Balaban J connectivity index is 2.78. The number of rotatable bonds is 2.